The Balaban J connectivity index is 1.63. The Morgan fingerprint density at radius 1 is 1.15 bits per heavy atom. The van der Waals surface area contributed by atoms with Crippen LogP contribution in [0.5, 0.6) is 0 Å². The summed E-state index contributed by atoms with van der Waals surface area (Å²) in [7, 11) is -1.61. The Kier molecular flexibility index (Phi) is 7.11. The molecule has 0 saturated heterocycles. The predicted octanol–water partition coefficient (Wildman–Crippen LogP) is 6.06. The number of Topliss-reactive ketones (excluding diaryl/α,β-unsaturated/α-hetero) is 1. The number of hydrogen-bond acceptors (Lipinski definition) is 5. The molecule has 0 unspecified atom stereocenters. The predicted molar refractivity (Wildman–Crippen MR) is 139 cm³/mol. The maximum absolute atomic E-state index is 13.4. The summed E-state index contributed by atoms with van der Waals surface area (Å²) < 4.78 is 18.1. The molecule has 4 aliphatic carbocycles. The molecule has 4 bridgehead atoms. The molecule has 0 radical (unpaired) electrons. The van der Waals surface area contributed by atoms with E-state index in [0.29, 0.717) is 37.9 Å². The molecule has 3 saturated carbocycles. The van der Waals surface area contributed by atoms with Crippen molar-refractivity contribution >= 4 is 36.0 Å². The van der Waals surface area contributed by atoms with Crippen molar-refractivity contribution in [2.24, 2.45) is 28.1 Å². The minimum atomic E-state index is -1.61. The number of ether oxygens (including phenoxy) is 2. The first-order valence-corrected chi connectivity index (χ1v) is 17.3. The van der Waals surface area contributed by atoms with E-state index in [1.54, 1.807) is 0 Å². The number of alkyl halides is 1. The molecule has 0 aromatic carbocycles. The number of esters is 1. The van der Waals surface area contributed by atoms with Crippen LogP contribution < -0.4 is 0 Å². The van der Waals surface area contributed by atoms with Gasteiger partial charge in [0, 0.05) is 17.8 Å². The van der Waals surface area contributed by atoms with E-state index < -0.39 is 18.1 Å². The van der Waals surface area contributed by atoms with Crippen molar-refractivity contribution in [3.63, 3.8) is 0 Å². The maximum Gasteiger partial charge on any atom is 0.311 e. The highest BCUT2D eigenvalue weighted by Gasteiger charge is 2.77. The normalized spacial score (nSPS) is 39.1. The highest BCUT2D eigenvalue weighted by Crippen LogP contribution is 2.77. The van der Waals surface area contributed by atoms with Crippen LogP contribution in [0.1, 0.15) is 65.7 Å². The van der Waals surface area contributed by atoms with Gasteiger partial charge in [-0.1, -0.05) is 28.1 Å². The maximum atomic E-state index is 13.4. The summed E-state index contributed by atoms with van der Waals surface area (Å²) in [6.07, 6.45) is 10.8. The van der Waals surface area contributed by atoms with Crippen LogP contribution in [0.15, 0.2) is 12.2 Å². The third kappa shape index (κ3) is 4.20. The Labute approximate surface area is 215 Å². The second kappa shape index (κ2) is 9.11. The lowest BCUT2D eigenvalue weighted by molar-refractivity contribution is -0.155. The number of hydrogen-bond donors (Lipinski definition) is 0. The molecule has 5 nitrogen and oxygen atoms in total. The largest absolute Gasteiger partial charge is 0.465 e. The van der Waals surface area contributed by atoms with Gasteiger partial charge in [-0.3, -0.25) is 9.59 Å². The zero-order chi connectivity index (χ0) is 25.0. The first kappa shape index (κ1) is 26.6. The van der Waals surface area contributed by atoms with E-state index in [9.17, 15) is 9.59 Å². The van der Waals surface area contributed by atoms with Crippen LogP contribution in [-0.2, 0) is 23.5 Å². The van der Waals surface area contributed by atoms with Crippen LogP contribution in [0.4, 0.5) is 0 Å². The minimum absolute atomic E-state index is 0.00606. The van der Waals surface area contributed by atoms with Gasteiger partial charge >= 0.3 is 5.97 Å². The fourth-order valence-electron chi connectivity index (χ4n) is 7.59. The Morgan fingerprint density at radius 2 is 1.88 bits per heavy atom. The van der Waals surface area contributed by atoms with Gasteiger partial charge in [0.25, 0.3) is 0 Å². The molecule has 34 heavy (non-hydrogen) atoms. The molecule has 1 spiro atoms. The zero-order valence-electron chi connectivity index (χ0n) is 21.9. The Morgan fingerprint density at radius 3 is 2.56 bits per heavy atom. The molecule has 6 atom stereocenters. The van der Waals surface area contributed by atoms with Gasteiger partial charge in [0.2, 0.25) is 0 Å². The molecule has 0 aliphatic heterocycles. The molecular weight excluding hydrogens is 512 g/mol. The van der Waals surface area contributed by atoms with Crippen molar-refractivity contribution < 1.29 is 23.5 Å². The van der Waals surface area contributed by atoms with Crippen LogP contribution in [0, 0.1) is 28.1 Å². The second-order valence-corrected chi connectivity index (χ2v) is 18.8. The lowest BCUT2D eigenvalue weighted by Crippen LogP contribution is -2.62. The molecule has 0 heterocycles. The average Bonchev–Trinajstić information content (AvgIpc) is 2.83. The molecule has 0 amide bonds. The summed E-state index contributed by atoms with van der Waals surface area (Å²) >= 11 is 4.07. The minimum Gasteiger partial charge on any atom is -0.465 e. The van der Waals surface area contributed by atoms with E-state index in [4.69, 9.17) is 13.9 Å². The molecule has 0 aromatic rings. The summed E-state index contributed by atoms with van der Waals surface area (Å²) in [5.41, 5.74) is -0.715. The van der Waals surface area contributed by atoms with Crippen LogP contribution in [0.2, 0.25) is 19.6 Å². The van der Waals surface area contributed by atoms with Gasteiger partial charge < -0.3 is 13.9 Å². The number of ketones is 1. The van der Waals surface area contributed by atoms with Crippen LogP contribution >= 0.6 is 15.9 Å². The van der Waals surface area contributed by atoms with E-state index in [2.05, 4.69) is 47.7 Å². The molecular formula is C27H43BrO5Si. The van der Waals surface area contributed by atoms with Crippen molar-refractivity contribution in [1.29, 1.82) is 0 Å². The van der Waals surface area contributed by atoms with Crippen LogP contribution in [0.3, 0.4) is 0 Å². The number of halogens is 1. The fraction of sp³-hybridized carbons (Fsp3) is 0.852. The summed E-state index contributed by atoms with van der Waals surface area (Å²) in [6, 6.07) is 0. The molecule has 7 heteroatoms. The molecule has 192 valence electrons. The summed E-state index contributed by atoms with van der Waals surface area (Å²) in [5, 5.41) is 0. The highest BCUT2D eigenvalue weighted by atomic mass is 79.9. The highest BCUT2D eigenvalue weighted by molar-refractivity contribution is 9.10. The first-order valence-electron chi connectivity index (χ1n) is 13.1. The van der Waals surface area contributed by atoms with Gasteiger partial charge in [0.05, 0.1) is 35.7 Å². The third-order valence-corrected chi connectivity index (χ3v) is 11.6. The quantitative estimate of drug-likeness (QED) is 0.120. The van der Waals surface area contributed by atoms with Crippen LogP contribution in [-0.4, -0.2) is 50.3 Å². The van der Waals surface area contributed by atoms with E-state index in [0.717, 1.165) is 38.5 Å². The van der Waals surface area contributed by atoms with Gasteiger partial charge in [-0.2, -0.15) is 0 Å². The molecule has 0 N–H and O–H groups in total. The molecule has 3 fully saturated rings. The lowest BCUT2D eigenvalue weighted by atomic mass is 9.49. The van der Waals surface area contributed by atoms with Crippen LogP contribution in [0.25, 0.3) is 0 Å². The molecule has 4 rings (SSSR count). The van der Waals surface area contributed by atoms with Crippen molar-refractivity contribution in [3.8, 4) is 0 Å². The number of carbonyl (C=O) groups excluding carboxylic acids is 2. The monoisotopic (exact) mass is 554 g/mol. The summed E-state index contributed by atoms with van der Waals surface area (Å²) in [6.45, 7) is 13.9. The smallest absolute Gasteiger partial charge is 0.311 e. The van der Waals surface area contributed by atoms with Gasteiger partial charge in [-0.05, 0) is 90.3 Å². The fourth-order valence-corrected chi connectivity index (χ4v) is 9.38. The standard InChI is InChI=1S/C27H43BrO5Si/c1-24(2,3)23(30)32-16-15-25-13-14-27(28)21(29)11-8-12-26(27)20(25)10-7-9-19(25)22(26)31-17-18-33-34(4,5)6/h7,9,19-20,22H,8,10-18H2,1-6H3/t19-,20-,22-,25+,26-,27-/m0/s1. The van der Waals surface area contributed by atoms with E-state index in [1.165, 1.54) is 0 Å². The summed E-state index contributed by atoms with van der Waals surface area (Å²) in [5.74, 6) is 0.790. The number of carbonyl (C=O) groups is 2. The van der Waals surface area contributed by atoms with E-state index in [-0.39, 0.29) is 28.8 Å². The van der Waals surface area contributed by atoms with E-state index in [1.807, 2.05) is 20.8 Å². The second-order valence-electron chi connectivity index (χ2n) is 13.0. The van der Waals surface area contributed by atoms with Gasteiger partial charge in [0.1, 0.15) is 5.78 Å². The van der Waals surface area contributed by atoms with Gasteiger partial charge in [-0.25, -0.2) is 0 Å². The Hall–Kier alpha value is -0.503. The lowest BCUT2D eigenvalue weighted by Gasteiger charge is -2.59. The van der Waals surface area contributed by atoms with Crippen molar-refractivity contribution in [2.45, 2.75) is 95.8 Å². The number of allylic oxidation sites excluding steroid dienone is 1. The van der Waals surface area contributed by atoms with Crippen molar-refractivity contribution in [3.05, 3.63) is 12.2 Å². The average molecular weight is 556 g/mol. The molecule has 4 aliphatic rings. The summed E-state index contributed by atoms with van der Waals surface area (Å²) in [4.78, 5) is 25.9. The van der Waals surface area contributed by atoms with Crippen molar-refractivity contribution in [2.75, 3.05) is 19.8 Å². The number of rotatable bonds is 8. The van der Waals surface area contributed by atoms with E-state index >= 15 is 0 Å². The SMILES string of the molecule is CC(C)(C)C(=O)OCC[C@]12CC[C@]3(Br)C(=O)CCC[C@]34[C@@H](OCCO[Si](C)(C)C)[C@@H]1C=CC[C@@H]24. The first-order chi connectivity index (χ1) is 15.8. The third-order valence-electron chi connectivity index (χ3n) is 8.97. The topological polar surface area (TPSA) is 61.8 Å². The van der Waals surface area contributed by atoms with Crippen molar-refractivity contribution in [1.82, 2.24) is 0 Å². The zero-order valence-corrected chi connectivity index (χ0v) is 24.5. The molecule has 0 aromatic heterocycles. The van der Waals surface area contributed by atoms with Gasteiger partial charge in [-0.15, -0.1) is 0 Å². The Bertz CT molecular complexity index is 845. The van der Waals surface area contributed by atoms with Gasteiger partial charge in [0.15, 0.2) is 8.32 Å².